The van der Waals surface area contributed by atoms with Crippen LogP contribution in [-0.4, -0.2) is 6.61 Å². The second-order valence-corrected chi connectivity index (χ2v) is 2.95. The number of benzene rings is 1. The molecular formula is C11H14FO. The van der Waals surface area contributed by atoms with Crippen LogP contribution >= 0.6 is 0 Å². The monoisotopic (exact) mass is 181 g/mol. The smallest absolute Gasteiger partial charge is 0.123 e. The van der Waals surface area contributed by atoms with Gasteiger partial charge in [-0.1, -0.05) is 13.3 Å². The van der Waals surface area contributed by atoms with Gasteiger partial charge >= 0.3 is 0 Å². The topological polar surface area (TPSA) is 9.23 Å². The highest BCUT2D eigenvalue weighted by Gasteiger charge is 1.99. The van der Waals surface area contributed by atoms with E-state index in [-0.39, 0.29) is 5.82 Å². The van der Waals surface area contributed by atoms with Crippen molar-refractivity contribution in [3.63, 3.8) is 0 Å². The van der Waals surface area contributed by atoms with E-state index in [0.717, 1.165) is 12.8 Å². The van der Waals surface area contributed by atoms with Crippen LogP contribution in [0.4, 0.5) is 4.39 Å². The zero-order valence-electron chi connectivity index (χ0n) is 7.85. The Morgan fingerprint density at radius 1 is 1.46 bits per heavy atom. The highest BCUT2D eigenvalue weighted by atomic mass is 19.1. The van der Waals surface area contributed by atoms with Crippen LogP contribution in [0.15, 0.2) is 18.2 Å². The Hall–Kier alpha value is -1.05. The number of hydrogen-bond donors (Lipinski definition) is 0. The molecule has 0 aliphatic rings. The SMILES string of the molecule is [CH2]c1cc(F)ccc1OCCCC. The van der Waals surface area contributed by atoms with E-state index in [9.17, 15) is 4.39 Å². The summed E-state index contributed by atoms with van der Waals surface area (Å²) in [5.74, 6) is 0.405. The van der Waals surface area contributed by atoms with E-state index >= 15 is 0 Å². The van der Waals surface area contributed by atoms with Crippen LogP contribution in [0.25, 0.3) is 0 Å². The Balaban J connectivity index is 2.56. The minimum absolute atomic E-state index is 0.271. The average Bonchev–Trinajstić information content (AvgIpc) is 2.09. The van der Waals surface area contributed by atoms with Crippen molar-refractivity contribution in [1.29, 1.82) is 0 Å². The first-order chi connectivity index (χ1) is 6.24. The van der Waals surface area contributed by atoms with Gasteiger partial charge in [0, 0.05) is 0 Å². The Morgan fingerprint density at radius 2 is 2.23 bits per heavy atom. The molecular weight excluding hydrogens is 167 g/mol. The Bertz CT molecular complexity index is 271. The van der Waals surface area contributed by atoms with Crippen LogP contribution in [-0.2, 0) is 0 Å². The van der Waals surface area contributed by atoms with Gasteiger partial charge in [0.15, 0.2) is 0 Å². The molecule has 0 saturated heterocycles. The molecule has 1 aromatic carbocycles. The molecule has 71 valence electrons. The number of hydrogen-bond acceptors (Lipinski definition) is 1. The molecule has 0 bridgehead atoms. The molecule has 1 nitrogen and oxygen atoms in total. The summed E-state index contributed by atoms with van der Waals surface area (Å²) in [7, 11) is 0. The van der Waals surface area contributed by atoms with Gasteiger partial charge in [0.1, 0.15) is 11.6 Å². The fourth-order valence-corrected chi connectivity index (χ4v) is 1.02. The summed E-state index contributed by atoms with van der Waals surface area (Å²) in [4.78, 5) is 0. The molecule has 0 atom stereocenters. The molecule has 0 N–H and O–H groups in total. The van der Waals surface area contributed by atoms with Gasteiger partial charge in [0.25, 0.3) is 0 Å². The third-order valence-corrected chi connectivity index (χ3v) is 1.78. The van der Waals surface area contributed by atoms with Gasteiger partial charge in [0.05, 0.1) is 6.61 Å². The molecule has 1 radical (unpaired) electrons. The lowest BCUT2D eigenvalue weighted by Gasteiger charge is -2.07. The summed E-state index contributed by atoms with van der Waals surface area (Å²) in [6, 6.07) is 4.38. The van der Waals surface area contributed by atoms with Crippen molar-refractivity contribution in [2.75, 3.05) is 6.61 Å². The molecule has 0 aliphatic carbocycles. The number of halogens is 1. The van der Waals surface area contributed by atoms with Gasteiger partial charge in [-0.25, -0.2) is 4.39 Å². The third-order valence-electron chi connectivity index (χ3n) is 1.78. The third kappa shape index (κ3) is 3.05. The molecule has 2 heteroatoms. The van der Waals surface area contributed by atoms with Crippen LogP contribution in [0.2, 0.25) is 0 Å². The van der Waals surface area contributed by atoms with Crippen molar-refractivity contribution in [3.8, 4) is 5.75 Å². The maximum atomic E-state index is 12.6. The summed E-state index contributed by atoms with van der Waals surface area (Å²) in [5, 5.41) is 0. The highest BCUT2D eigenvalue weighted by Crippen LogP contribution is 2.18. The zero-order chi connectivity index (χ0) is 9.68. The molecule has 0 amide bonds. The fourth-order valence-electron chi connectivity index (χ4n) is 1.02. The lowest BCUT2D eigenvalue weighted by atomic mass is 10.2. The molecule has 0 heterocycles. The number of rotatable bonds is 4. The first kappa shape index (κ1) is 10.0. The van der Waals surface area contributed by atoms with Crippen LogP contribution in [0.3, 0.4) is 0 Å². The maximum absolute atomic E-state index is 12.6. The molecule has 0 spiro atoms. The summed E-state index contributed by atoms with van der Waals surface area (Å²) in [5.41, 5.74) is 0.608. The van der Waals surface area contributed by atoms with Crippen molar-refractivity contribution >= 4 is 0 Å². The van der Waals surface area contributed by atoms with Crippen LogP contribution < -0.4 is 4.74 Å². The Morgan fingerprint density at radius 3 is 2.85 bits per heavy atom. The molecule has 0 unspecified atom stereocenters. The summed E-state index contributed by atoms with van der Waals surface area (Å²) in [6.45, 7) is 6.46. The van der Waals surface area contributed by atoms with Gasteiger partial charge in [-0.05, 0) is 37.1 Å². The molecule has 1 rings (SSSR count). The largest absolute Gasteiger partial charge is 0.493 e. The van der Waals surface area contributed by atoms with Gasteiger partial charge in [0.2, 0.25) is 0 Å². The van der Waals surface area contributed by atoms with Crippen molar-refractivity contribution in [2.24, 2.45) is 0 Å². The van der Waals surface area contributed by atoms with Crippen LogP contribution in [0.5, 0.6) is 5.75 Å². The van der Waals surface area contributed by atoms with Crippen LogP contribution in [0, 0.1) is 12.7 Å². The van der Waals surface area contributed by atoms with Crippen molar-refractivity contribution < 1.29 is 9.13 Å². The summed E-state index contributed by atoms with van der Waals surface area (Å²) in [6.07, 6.45) is 2.10. The number of unbranched alkanes of at least 4 members (excludes halogenated alkanes) is 1. The van der Waals surface area contributed by atoms with E-state index in [4.69, 9.17) is 4.74 Å². The van der Waals surface area contributed by atoms with Crippen molar-refractivity contribution in [2.45, 2.75) is 19.8 Å². The quantitative estimate of drug-likeness (QED) is 0.648. The minimum Gasteiger partial charge on any atom is -0.493 e. The lowest BCUT2D eigenvalue weighted by Crippen LogP contribution is -1.98. The zero-order valence-corrected chi connectivity index (χ0v) is 7.85. The Kier molecular flexibility index (Phi) is 3.74. The van der Waals surface area contributed by atoms with Gasteiger partial charge < -0.3 is 4.74 Å². The minimum atomic E-state index is -0.271. The lowest BCUT2D eigenvalue weighted by molar-refractivity contribution is 0.308. The summed E-state index contributed by atoms with van der Waals surface area (Å²) < 4.78 is 18.0. The standard InChI is InChI=1S/C11H14FO/c1-3-4-7-13-11-6-5-10(12)8-9(11)2/h5-6,8H,2-4,7H2,1H3. The number of ether oxygens (including phenoxy) is 1. The van der Waals surface area contributed by atoms with Gasteiger partial charge in [-0.3, -0.25) is 0 Å². The van der Waals surface area contributed by atoms with Crippen LogP contribution in [0.1, 0.15) is 25.3 Å². The van der Waals surface area contributed by atoms with E-state index in [0.29, 0.717) is 17.9 Å². The van der Waals surface area contributed by atoms with Crippen molar-refractivity contribution in [3.05, 3.63) is 36.5 Å². The summed E-state index contributed by atoms with van der Waals surface area (Å²) >= 11 is 0. The predicted molar refractivity (Wildman–Crippen MR) is 51.3 cm³/mol. The van der Waals surface area contributed by atoms with Crippen molar-refractivity contribution in [1.82, 2.24) is 0 Å². The average molecular weight is 181 g/mol. The molecule has 13 heavy (non-hydrogen) atoms. The van der Waals surface area contributed by atoms with Gasteiger partial charge in [-0.15, -0.1) is 0 Å². The molecule has 0 saturated carbocycles. The molecule has 0 aromatic heterocycles. The second-order valence-electron chi connectivity index (χ2n) is 2.95. The van der Waals surface area contributed by atoms with E-state index in [2.05, 4.69) is 13.8 Å². The molecule has 0 aliphatic heterocycles. The second kappa shape index (κ2) is 4.85. The van der Waals surface area contributed by atoms with Gasteiger partial charge in [-0.2, -0.15) is 0 Å². The normalized spacial score (nSPS) is 10.1. The first-order valence-corrected chi connectivity index (χ1v) is 4.48. The molecule has 0 fully saturated rings. The fraction of sp³-hybridized carbons (Fsp3) is 0.364. The van der Waals surface area contributed by atoms with E-state index in [1.165, 1.54) is 12.1 Å². The first-order valence-electron chi connectivity index (χ1n) is 4.48. The maximum Gasteiger partial charge on any atom is 0.123 e. The van der Waals surface area contributed by atoms with E-state index < -0.39 is 0 Å². The highest BCUT2D eigenvalue weighted by molar-refractivity contribution is 5.35. The molecule has 1 aromatic rings. The predicted octanol–water partition coefficient (Wildman–Crippen LogP) is 3.19. The Labute approximate surface area is 78.5 Å². The van der Waals surface area contributed by atoms with E-state index in [1.54, 1.807) is 6.07 Å². The van der Waals surface area contributed by atoms with E-state index in [1.807, 2.05) is 0 Å².